The molecule has 1 heterocycles. The fourth-order valence-corrected chi connectivity index (χ4v) is 1.34. The van der Waals surface area contributed by atoms with Gasteiger partial charge in [0, 0.05) is 5.39 Å². The third-order valence-electron chi connectivity index (χ3n) is 1.96. The maximum atomic E-state index is 4.21. The van der Waals surface area contributed by atoms with Crippen molar-refractivity contribution in [3.63, 3.8) is 0 Å². The molecule has 0 fully saturated rings. The maximum Gasteiger partial charge on any atom is 0.116 e. The minimum Gasteiger partial charge on any atom is -0.241 e. The molecule has 0 radical (unpaired) electrons. The van der Waals surface area contributed by atoms with Crippen LogP contribution in [-0.4, -0.2) is 9.97 Å². The first-order valence-electron chi connectivity index (χ1n) is 4.10. The van der Waals surface area contributed by atoms with E-state index in [-0.39, 0.29) is 0 Å². The molecule has 0 bridgehead atoms. The summed E-state index contributed by atoms with van der Waals surface area (Å²) in [6, 6.07) is 8.09. The Labute approximate surface area is 71.3 Å². The van der Waals surface area contributed by atoms with Gasteiger partial charge >= 0.3 is 0 Å². The van der Waals surface area contributed by atoms with Crippen LogP contribution in [0.4, 0.5) is 0 Å². The van der Waals surface area contributed by atoms with E-state index in [1.54, 1.807) is 6.33 Å². The number of aromatic nitrogens is 2. The Morgan fingerprint density at radius 1 is 1.17 bits per heavy atom. The number of fused-ring (bicyclic) bond motifs is 1. The van der Waals surface area contributed by atoms with Crippen molar-refractivity contribution in [1.29, 1.82) is 0 Å². The van der Waals surface area contributed by atoms with Crippen LogP contribution < -0.4 is 0 Å². The lowest BCUT2D eigenvalue weighted by Gasteiger charge is -2.00. The van der Waals surface area contributed by atoms with Crippen LogP contribution in [0.25, 0.3) is 10.9 Å². The van der Waals surface area contributed by atoms with E-state index in [4.69, 9.17) is 0 Å². The van der Waals surface area contributed by atoms with Gasteiger partial charge in [-0.3, -0.25) is 0 Å². The lowest BCUT2D eigenvalue weighted by molar-refractivity contribution is 1.03. The van der Waals surface area contributed by atoms with Crippen LogP contribution in [0.3, 0.4) is 0 Å². The van der Waals surface area contributed by atoms with Gasteiger partial charge < -0.3 is 0 Å². The molecule has 2 rings (SSSR count). The van der Waals surface area contributed by atoms with E-state index >= 15 is 0 Å². The number of benzene rings is 1. The molecule has 60 valence electrons. The molecule has 0 aliphatic rings. The number of hydrogen-bond donors (Lipinski definition) is 0. The Morgan fingerprint density at radius 2 is 2.00 bits per heavy atom. The van der Waals surface area contributed by atoms with Crippen molar-refractivity contribution >= 4 is 10.9 Å². The summed E-state index contributed by atoms with van der Waals surface area (Å²) in [5.41, 5.74) is 2.16. The fraction of sp³-hybridized carbons (Fsp3) is 0.200. The Morgan fingerprint density at radius 3 is 2.83 bits per heavy atom. The average molecular weight is 158 g/mol. The topological polar surface area (TPSA) is 25.8 Å². The van der Waals surface area contributed by atoms with E-state index < -0.39 is 0 Å². The van der Waals surface area contributed by atoms with Crippen LogP contribution in [0.1, 0.15) is 12.6 Å². The van der Waals surface area contributed by atoms with E-state index in [1.165, 1.54) is 5.39 Å². The zero-order valence-electron chi connectivity index (χ0n) is 6.99. The van der Waals surface area contributed by atoms with Crippen molar-refractivity contribution in [3.8, 4) is 0 Å². The molecular weight excluding hydrogens is 148 g/mol. The van der Waals surface area contributed by atoms with Crippen molar-refractivity contribution in [2.75, 3.05) is 0 Å². The highest BCUT2D eigenvalue weighted by Gasteiger charge is 1.98. The molecule has 1 aromatic heterocycles. The zero-order chi connectivity index (χ0) is 8.39. The van der Waals surface area contributed by atoms with Crippen molar-refractivity contribution in [1.82, 2.24) is 9.97 Å². The Kier molecular flexibility index (Phi) is 1.74. The lowest BCUT2D eigenvalue weighted by atomic mass is 10.1. The number of hydrogen-bond acceptors (Lipinski definition) is 2. The SMILES string of the molecule is CCc1ncnc2ccccc12. The third kappa shape index (κ3) is 1.05. The molecule has 0 unspecified atom stereocenters. The van der Waals surface area contributed by atoms with Gasteiger partial charge in [-0.05, 0) is 12.5 Å². The summed E-state index contributed by atoms with van der Waals surface area (Å²) in [6.07, 6.45) is 2.59. The van der Waals surface area contributed by atoms with Gasteiger partial charge in [-0.15, -0.1) is 0 Å². The summed E-state index contributed by atoms with van der Waals surface area (Å²) < 4.78 is 0. The van der Waals surface area contributed by atoms with E-state index in [0.717, 1.165) is 17.6 Å². The summed E-state index contributed by atoms with van der Waals surface area (Å²) in [4.78, 5) is 8.39. The summed E-state index contributed by atoms with van der Waals surface area (Å²) in [6.45, 7) is 2.11. The Bertz CT molecular complexity index is 390. The van der Waals surface area contributed by atoms with Gasteiger partial charge in [-0.1, -0.05) is 25.1 Å². The number of aryl methyl sites for hydroxylation is 1. The molecule has 0 aliphatic heterocycles. The van der Waals surface area contributed by atoms with Crippen molar-refractivity contribution in [2.24, 2.45) is 0 Å². The molecule has 0 N–H and O–H groups in total. The van der Waals surface area contributed by atoms with Gasteiger partial charge in [0.15, 0.2) is 0 Å². The second kappa shape index (κ2) is 2.89. The van der Waals surface area contributed by atoms with Crippen molar-refractivity contribution in [3.05, 3.63) is 36.3 Å². The van der Waals surface area contributed by atoms with Gasteiger partial charge in [-0.2, -0.15) is 0 Å². The molecule has 0 amide bonds. The van der Waals surface area contributed by atoms with Crippen LogP contribution in [-0.2, 0) is 6.42 Å². The minimum atomic E-state index is 0.961. The van der Waals surface area contributed by atoms with Crippen molar-refractivity contribution < 1.29 is 0 Å². The van der Waals surface area contributed by atoms with E-state index in [2.05, 4.69) is 23.0 Å². The Hall–Kier alpha value is -1.44. The predicted octanol–water partition coefficient (Wildman–Crippen LogP) is 2.19. The van der Waals surface area contributed by atoms with Gasteiger partial charge in [0.25, 0.3) is 0 Å². The van der Waals surface area contributed by atoms with E-state index in [1.807, 2.05) is 18.2 Å². The first-order valence-corrected chi connectivity index (χ1v) is 4.10. The second-order valence-electron chi connectivity index (χ2n) is 2.69. The number of nitrogens with zero attached hydrogens (tertiary/aromatic N) is 2. The molecule has 2 heteroatoms. The summed E-state index contributed by atoms with van der Waals surface area (Å²) in [5, 5.41) is 1.17. The molecule has 0 aliphatic carbocycles. The maximum absolute atomic E-state index is 4.21. The smallest absolute Gasteiger partial charge is 0.116 e. The van der Waals surface area contributed by atoms with Crippen molar-refractivity contribution in [2.45, 2.75) is 13.3 Å². The van der Waals surface area contributed by atoms with Gasteiger partial charge in [0.2, 0.25) is 0 Å². The van der Waals surface area contributed by atoms with Crippen LogP contribution in [0.15, 0.2) is 30.6 Å². The highest BCUT2D eigenvalue weighted by atomic mass is 14.8. The number of rotatable bonds is 1. The summed E-state index contributed by atoms with van der Waals surface area (Å²) in [7, 11) is 0. The van der Waals surface area contributed by atoms with Gasteiger partial charge in [0.05, 0.1) is 11.2 Å². The molecule has 1 aromatic carbocycles. The normalized spacial score (nSPS) is 10.4. The standard InChI is InChI=1S/C10H10N2/c1-2-9-8-5-3-4-6-10(8)12-7-11-9/h3-7H,2H2,1H3. The lowest BCUT2D eigenvalue weighted by Crippen LogP contribution is -1.90. The first-order chi connectivity index (χ1) is 5.92. The van der Waals surface area contributed by atoms with Gasteiger partial charge in [-0.25, -0.2) is 9.97 Å². The highest BCUT2D eigenvalue weighted by Crippen LogP contribution is 2.13. The highest BCUT2D eigenvalue weighted by molar-refractivity contribution is 5.80. The fourth-order valence-electron chi connectivity index (χ4n) is 1.34. The molecule has 2 aromatic rings. The molecule has 2 nitrogen and oxygen atoms in total. The van der Waals surface area contributed by atoms with Gasteiger partial charge in [0.1, 0.15) is 6.33 Å². The van der Waals surface area contributed by atoms with E-state index in [0.29, 0.717) is 0 Å². The molecular formula is C10H10N2. The monoisotopic (exact) mass is 158 g/mol. The number of para-hydroxylation sites is 1. The molecule has 0 spiro atoms. The summed E-state index contributed by atoms with van der Waals surface area (Å²) >= 11 is 0. The quantitative estimate of drug-likeness (QED) is 0.635. The molecule has 0 saturated carbocycles. The Balaban J connectivity index is 2.79. The van der Waals surface area contributed by atoms with Crippen LogP contribution in [0.2, 0.25) is 0 Å². The average Bonchev–Trinajstić information content (AvgIpc) is 2.17. The molecule has 12 heavy (non-hydrogen) atoms. The second-order valence-corrected chi connectivity index (χ2v) is 2.69. The predicted molar refractivity (Wildman–Crippen MR) is 48.9 cm³/mol. The molecule has 0 saturated heterocycles. The summed E-state index contributed by atoms with van der Waals surface area (Å²) in [5.74, 6) is 0. The molecule has 0 atom stereocenters. The van der Waals surface area contributed by atoms with Crippen LogP contribution in [0, 0.1) is 0 Å². The third-order valence-corrected chi connectivity index (χ3v) is 1.96. The van der Waals surface area contributed by atoms with Crippen LogP contribution in [0.5, 0.6) is 0 Å². The largest absolute Gasteiger partial charge is 0.241 e. The first kappa shape index (κ1) is 7.22. The zero-order valence-corrected chi connectivity index (χ0v) is 6.99. The van der Waals surface area contributed by atoms with Crippen LogP contribution >= 0.6 is 0 Å². The van der Waals surface area contributed by atoms with E-state index in [9.17, 15) is 0 Å². The minimum absolute atomic E-state index is 0.961.